The van der Waals surface area contributed by atoms with Gasteiger partial charge in [-0.3, -0.25) is 4.40 Å². The summed E-state index contributed by atoms with van der Waals surface area (Å²) in [6, 6.07) is 10.3. The van der Waals surface area contributed by atoms with Gasteiger partial charge in [-0.2, -0.15) is 5.26 Å². The van der Waals surface area contributed by atoms with Crippen LogP contribution in [-0.2, 0) is 19.3 Å². The van der Waals surface area contributed by atoms with Crippen molar-refractivity contribution in [2.24, 2.45) is 5.92 Å². The first-order chi connectivity index (χ1) is 12.2. The third kappa shape index (κ3) is 2.81. The van der Waals surface area contributed by atoms with E-state index in [1.54, 1.807) is 11.3 Å². The van der Waals surface area contributed by atoms with Crippen LogP contribution in [0.4, 0.5) is 0 Å². The van der Waals surface area contributed by atoms with E-state index in [1.807, 2.05) is 31.2 Å². The first kappa shape index (κ1) is 16.2. The monoisotopic (exact) mass is 351 g/mol. The summed E-state index contributed by atoms with van der Waals surface area (Å²) in [7, 11) is 0. The van der Waals surface area contributed by atoms with Gasteiger partial charge in [0.2, 0.25) is 0 Å². The summed E-state index contributed by atoms with van der Waals surface area (Å²) in [6.45, 7) is 4.95. The van der Waals surface area contributed by atoms with Crippen LogP contribution in [-0.4, -0.2) is 16.0 Å². The third-order valence-electron chi connectivity index (χ3n) is 4.84. The van der Waals surface area contributed by atoms with Crippen molar-refractivity contribution < 1.29 is 4.74 Å². The molecule has 3 aromatic rings. The van der Waals surface area contributed by atoms with Crippen molar-refractivity contribution in [1.29, 1.82) is 5.26 Å². The first-order valence-electron chi connectivity index (χ1n) is 8.83. The van der Waals surface area contributed by atoms with Gasteiger partial charge in [0.25, 0.3) is 0 Å². The summed E-state index contributed by atoms with van der Waals surface area (Å²) in [5, 5.41) is 9.36. The summed E-state index contributed by atoms with van der Waals surface area (Å²) >= 11 is 1.79. The van der Waals surface area contributed by atoms with Crippen LogP contribution in [0.5, 0.6) is 5.75 Å². The molecule has 128 valence electrons. The van der Waals surface area contributed by atoms with E-state index in [4.69, 9.17) is 9.72 Å². The number of aryl methyl sites for hydroxylation is 1. The molecule has 0 spiro atoms. The highest BCUT2D eigenvalue weighted by atomic mass is 32.1. The van der Waals surface area contributed by atoms with Crippen LogP contribution < -0.4 is 4.74 Å². The third-order valence-corrected chi connectivity index (χ3v) is 5.95. The molecule has 0 saturated heterocycles. The number of imidazole rings is 1. The molecule has 5 heteroatoms. The highest BCUT2D eigenvalue weighted by Crippen LogP contribution is 2.36. The highest BCUT2D eigenvalue weighted by molar-refractivity contribution is 7.17. The molecule has 4 nitrogen and oxygen atoms in total. The maximum Gasteiger partial charge on any atom is 0.194 e. The molecule has 1 aliphatic rings. The molecule has 0 saturated carbocycles. The van der Waals surface area contributed by atoms with Crippen LogP contribution in [0.2, 0.25) is 0 Å². The molecule has 4 rings (SSSR count). The van der Waals surface area contributed by atoms with Crippen LogP contribution in [0, 0.1) is 17.2 Å². The largest absolute Gasteiger partial charge is 0.494 e. The van der Waals surface area contributed by atoms with Gasteiger partial charge in [-0.15, -0.1) is 11.3 Å². The molecule has 2 heterocycles. The Morgan fingerprint density at radius 3 is 2.88 bits per heavy atom. The van der Waals surface area contributed by atoms with Crippen molar-refractivity contribution in [3.63, 3.8) is 0 Å². The standard InChI is InChI=1S/C20H21N3OS/c1-3-24-15-7-5-14(6-8-15)19-17(10-11-21)23-16-9-4-13(2)12-18(16)25-20(23)22-19/h5-8,13H,3-4,9-10,12H2,1-2H3. The van der Waals surface area contributed by atoms with Crippen LogP contribution >= 0.6 is 11.3 Å². The normalized spacial score (nSPS) is 16.6. The fourth-order valence-corrected chi connectivity index (χ4v) is 4.98. The van der Waals surface area contributed by atoms with Crippen molar-refractivity contribution in [2.75, 3.05) is 6.61 Å². The molecular weight excluding hydrogens is 330 g/mol. The molecule has 0 fully saturated rings. The van der Waals surface area contributed by atoms with Crippen LogP contribution in [0.3, 0.4) is 0 Å². The van der Waals surface area contributed by atoms with Gasteiger partial charge in [0.05, 0.1) is 30.5 Å². The van der Waals surface area contributed by atoms with Crippen molar-refractivity contribution >= 4 is 16.3 Å². The van der Waals surface area contributed by atoms with Gasteiger partial charge in [0.1, 0.15) is 5.75 Å². The Kier molecular flexibility index (Phi) is 4.22. The lowest BCUT2D eigenvalue weighted by Crippen LogP contribution is -2.11. The Morgan fingerprint density at radius 2 is 2.16 bits per heavy atom. The SMILES string of the molecule is CCOc1ccc(-c2nc3sc4c(n3c2CC#N)CCC(C)C4)cc1. The number of thiazole rings is 1. The predicted molar refractivity (Wildman–Crippen MR) is 100 cm³/mol. The lowest BCUT2D eigenvalue weighted by molar-refractivity contribution is 0.340. The highest BCUT2D eigenvalue weighted by Gasteiger charge is 2.25. The number of benzene rings is 1. The fraction of sp³-hybridized carbons (Fsp3) is 0.400. The fourth-order valence-electron chi connectivity index (χ4n) is 3.63. The summed E-state index contributed by atoms with van der Waals surface area (Å²) in [6.07, 6.45) is 3.80. The molecular formula is C20H21N3OS. The summed E-state index contributed by atoms with van der Waals surface area (Å²) in [5.74, 6) is 1.60. The topological polar surface area (TPSA) is 50.3 Å². The average Bonchev–Trinajstić information content (AvgIpc) is 3.12. The van der Waals surface area contributed by atoms with Gasteiger partial charge < -0.3 is 4.74 Å². The number of nitrogens with zero attached hydrogens (tertiary/aromatic N) is 3. The summed E-state index contributed by atoms with van der Waals surface area (Å²) < 4.78 is 7.78. The quantitative estimate of drug-likeness (QED) is 0.687. The summed E-state index contributed by atoms with van der Waals surface area (Å²) in [4.78, 5) is 7.36. The zero-order valence-electron chi connectivity index (χ0n) is 14.6. The van der Waals surface area contributed by atoms with Crippen molar-refractivity contribution in [3.8, 4) is 23.1 Å². The molecule has 1 atom stereocenters. The lowest BCUT2D eigenvalue weighted by Gasteiger charge is -2.18. The molecule has 1 aromatic carbocycles. The molecule has 0 aliphatic heterocycles. The maximum atomic E-state index is 9.36. The molecule has 0 bridgehead atoms. The number of ether oxygens (including phenoxy) is 1. The number of rotatable bonds is 4. The molecule has 25 heavy (non-hydrogen) atoms. The van der Waals surface area contributed by atoms with Crippen molar-refractivity contribution in [3.05, 3.63) is 40.5 Å². The molecule has 2 aromatic heterocycles. The Hall–Kier alpha value is -2.32. The second kappa shape index (κ2) is 6.53. The molecule has 1 aliphatic carbocycles. The Morgan fingerprint density at radius 1 is 1.36 bits per heavy atom. The molecule has 0 amide bonds. The molecule has 1 unspecified atom stereocenters. The van der Waals surface area contributed by atoms with Crippen LogP contribution in [0.1, 0.15) is 36.5 Å². The molecule has 0 N–H and O–H groups in total. The minimum Gasteiger partial charge on any atom is -0.494 e. The number of hydrogen-bond donors (Lipinski definition) is 0. The lowest BCUT2D eigenvalue weighted by atomic mass is 9.93. The van der Waals surface area contributed by atoms with E-state index in [0.717, 1.165) is 46.4 Å². The average molecular weight is 351 g/mol. The number of hydrogen-bond acceptors (Lipinski definition) is 4. The van der Waals surface area contributed by atoms with E-state index < -0.39 is 0 Å². The van der Waals surface area contributed by atoms with Crippen LogP contribution in [0.15, 0.2) is 24.3 Å². The smallest absolute Gasteiger partial charge is 0.194 e. The van der Waals surface area contributed by atoms with Gasteiger partial charge in [0.15, 0.2) is 4.96 Å². The van der Waals surface area contributed by atoms with Gasteiger partial charge in [-0.05, 0) is 56.4 Å². The van der Waals surface area contributed by atoms with Gasteiger partial charge in [0, 0.05) is 16.1 Å². The van der Waals surface area contributed by atoms with Gasteiger partial charge in [-0.25, -0.2) is 4.98 Å². The number of aromatic nitrogens is 2. The van der Waals surface area contributed by atoms with E-state index in [-0.39, 0.29) is 0 Å². The van der Waals surface area contributed by atoms with Crippen LogP contribution in [0.25, 0.3) is 16.2 Å². The second-order valence-electron chi connectivity index (χ2n) is 6.64. The van der Waals surface area contributed by atoms with E-state index in [1.165, 1.54) is 17.0 Å². The van der Waals surface area contributed by atoms with Gasteiger partial charge in [-0.1, -0.05) is 6.92 Å². The second-order valence-corrected chi connectivity index (χ2v) is 7.70. The maximum absolute atomic E-state index is 9.36. The number of fused-ring (bicyclic) bond motifs is 3. The van der Waals surface area contributed by atoms with E-state index in [0.29, 0.717) is 13.0 Å². The van der Waals surface area contributed by atoms with Crippen molar-refractivity contribution in [2.45, 2.75) is 39.5 Å². The molecule has 0 radical (unpaired) electrons. The Labute approximate surface area is 151 Å². The minimum atomic E-state index is 0.377. The van der Waals surface area contributed by atoms with Crippen molar-refractivity contribution in [1.82, 2.24) is 9.38 Å². The zero-order chi connectivity index (χ0) is 17.4. The Bertz CT molecular complexity index is 946. The summed E-state index contributed by atoms with van der Waals surface area (Å²) in [5.41, 5.74) is 4.36. The Balaban J connectivity index is 1.83. The zero-order valence-corrected chi connectivity index (χ0v) is 15.4. The van der Waals surface area contributed by atoms with E-state index >= 15 is 0 Å². The minimum absolute atomic E-state index is 0.377. The predicted octanol–water partition coefficient (Wildman–Crippen LogP) is 4.65. The number of nitriles is 1. The van der Waals surface area contributed by atoms with E-state index in [9.17, 15) is 5.26 Å². The first-order valence-corrected chi connectivity index (χ1v) is 9.65. The van der Waals surface area contributed by atoms with E-state index in [2.05, 4.69) is 17.4 Å². The van der Waals surface area contributed by atoms with Gasteiger partial charge >= 0.3 is 0 Å².